The number of pyridine rings is 1. The van der Waals surface area contributed by atoms with Gasteiger partial charge in [0.2, 0.25) is 0 Å². The number of rotatable bonds is 4. The highest BCUT2D eigenvalue weighted by molar-refractivity contribution is 5.33. The Balaban J connectivity index is 2.27. The summed E-state index contributed by atoms with van der Waals surface area (Å²) in [5.41, 5.74) is 2.29. The first-order chi connectivity index (χ1) is 8.16. The molecule has 2 heterocycles. The Hall–Kier alpha value is -1.68. The first kappa shape index (κ1) is 11.8. The van der Waals surface area contributed by atoms with Crippen molar-refractivity contribution in [3.8, 4) is 5.82 Å². The molecule has 0 aliphatic rings. The molecule has 0 saturated carbocycles. The van der Waals surface area contributed by atoms with Crippen LogP contribution in [0.4, 0.5) is 0 Å². The third-order valence-corrected chi connectivity index (χ3v) is 2.50. The number of aromatic nitrogens is 3. The molecule has 0 fully saturated rings. The Morgan fingerprint density at radius 2 is 2.24 bits per heavy atom. The highest BCUT2D eigenvalue weighted by Crippen LogP contribution is 2.11. The van der Waals surface area contributed by atoms with Gasteiger partial charge in [-0.15, -0.1) is 0 Å². The van der Waals surface area contributed by atoms with E-state index in [1.165, 1.54) is 0 Å². The van der Waals surface area contributed by atoms with Crippen molar-refractivity contribution in [2.45, 2.75) is 33.4 Å². The maximum atomic E-state index is 4.40. The van der Waals surface area contributed by atoms with Crippen molar-refractivity contribution in [1.82, 2.24) is 20.1 Å². The van der Waals surface area contributed by atoms with Crippen LogP contribution in [-0.2, 0) is 6.54 Å². The maximum absolute atomic E-state index is 4.40. The lowest BCUT2D eigenvalue weighted by atomic mass is 10.2. The van der Waals surface area contributed by atoms with Gasteiger partial charge in [-0.1, -0.05) is 19.9 Å². The minimum atomic E-state index is 0.461. The topological polar surface area (TPSA) is 42.7 Å². The summed E-state index contributed by atoms with van der Waals surface area (Å²) in [6.45, 7) is 7.10. The van der Waals surface area contributed by atoms with E-state index in [0.29, 0.717) is 6.04 Å². The molecule has 4 heteroatoms. The number of hydrogen-bond donors (Lipinski definition) is 1. The van der Waals surface area contributed by atoms with E-state index < -0.39 is 0 Å². The molecule has 2 rings (SSSR count). The molecule has 0 aliphatic heterocycles. The van der Waals surface area contributed by atoms with Crippen molar-refractivity contribution in [3.05, 3.63) is 41.9 Å². The fraction of sp³-hybridized carbons (Fsp3) is 0.385. The first-order valence-electron chi connectivity index (χ1n) is 5.85. The fourth-order valence-corrected chi connectivity index (χ4v) is 1.62. The Labute approximate surface area is 102 Å². The summed E-state index contributed by atoms with van der Waals surface area (Å²) in [7, 11) is 0. The van der Waals surface area contributed by atoms with E-state index in [1.807, 2.05) is 30.1 Å². The molecule has 0 unspecified atom stereocenters. The summed E-state index contributed by atoms with van der Waals surface area (Å²) in [4.78, 5) is 4.40. The molecule has 4 nitrogen and oxygen atoms in total. The number of aryl methyl sites for hydroxylation is 1. The predicted octanol–water partition coefficient (Wildman–Crippen LogP) is 2.07. The minimum absolute atomic E-state index is 0.461. The van der Waals surface area contributed by atoms with Gasteiger partial charge in [-0.3, -0.25) is 0 Å². The van der Waals surface area contributed by atoms with Gasteiger partial charge in [-0.05, 0) is 18.6 Å². The average Bonchev–Trinajstić information content (AvgIpc) is 2.73. The second-order valence-electron chi connectivity index (χ2n) is 4.48. The van der Waals surface area contributed by atoms with Crippen LogP contribution in [0.3, 0.4) is 0 Å². The molecule has 0 radical (unpaired) electrons. The van der Waals surface area contributed by atoms with Crippen molar-refractivity contribution in [3.63, 3.8) is 0 Å². The zero-order chi connectivity index (χ0) is 12.3. The molecule has 1 N–H and O–H groups in total. The number of nitrogens with zero attached hydrogens (tertiary/aromatic N) is 3. The van der Waals surface area contributed by atoms with Crippen molar-refractivity contribution in [2.24, 2.45) is 0 Å². The van der Waals surface area contributed by atoms with Crippen LogP contribution in [0.25, 0.3) is 5.82 Å². The van der Waals surface area contributed by atoms with Crippen molar-refractivity contribution in [2.75, 3.05) is 0 Å². The smallest absolute Gasteiger partial charge is 0.157 e. The van der Waals surface area contributed by atoms with Crippen molar-refractivity contribution >= 4 is 0 Å². The maximum Gasteiger partial charge on any atom is 0.157 e. The van der Waals surface area contributed by atoms with Gasteiger partial charge in [0, 0.05) is 30.5 Å². The third-order valence-electron chi connectivity index (χ3n) is 2.50. The second-order valence-corrected chi connectivity index (χ2v) is 4.48. The van der Waals surface area contributed by atoms with Crippen LogP contribution in [0.2, 0.25) is 0 Å². The van der Waals surface area contributed by atoms with E-state index in [9.17, 15) is 0 Å². The lowest BCUT2D eigenvalue weighted by molar-refractivity contribution is 0.585. The summed E-state index contributed by atoms with van der Waals surface area (Å²) in [6, 6.07) is 4.49. The quantitative estimate of drug-likeness (QED) is 0.874. The molecule has 0 saturated heterocycles. The molecule has 0 amide bonds. The van der Waals surface area contributed by atoms with E-state index in [0.717, 1.165) is 23.5 Å². The van der Waals surface area contributed by atoms with Gasteiger partial charge < -0.3 is 5.32 Å². The third kappa shape index (κ3) is 2.91. The highest BCUT2D eigenvalue weighted by atomic mass is 15.3. The van der Waals surface area contributed by atoms with Crippen LogP contribution in [-0.4, -0.2) is 20.8 Å². The van der Waals surface area contributed by atoms with E-state index in [4.69, 9.17) is 0 Å². The van der Waals surface area contributed by atoms with Crippen LogP contribution in [0.5, 0.6) is 0 Å². The van der Waals surface area contributed by atoms with E-state index in [2.05, 4.69) is 35.3 Å². The standard InChI is InChI=1S/C13H18N4/c1-10(2)15-8-12-5-4-6-14-13(12)17-9-11(3)7-16-17/h4-7,9-10,15H,8H2,1-3H3. The summed E-state index contributed by atoms with van der Waals surface area (Å²) in [5, 5.41) is 7.70. The Morgan fingerprint density at radius 1 is 1.41 bits per heavy atom. The van der Waals surface area contributed by atoms with Crippen LogP contribution < -0.4 is 5.32 Å². The van der Waals surface area contributed by atoms with Gasteiger partial charge in [0.05, 0.1) is 6.20 Å². The van der Waals surface area contributed by atoms with Gasteiger partial charge in [0.25, 0.3) is 0 Å². The van der Waals surface area contributed by atoms with E-state index >= 15 is 0 Å². The van der Waals surface area contributed by atoms with Gasteiger partial charge in [-0.25, -0.2) is 9.67 Å². The lowest BCUT2D eigenvalue weighted by Gasteiger charge is -2.11. The van der Waals surface area contributed by atoms with Gasteiger partial charge >= 0.3 is 0 Å². The molecule has 2 aromatic heterocycles. The molecular weight excluding hydrogens is 212 g/mol. The molecule has 0 spiro atoms. The molecule has 0 bridgehead atoms. The van der Waals surface area contributed by atoms with Crippen LogP contribution in [0.1, 0.15) is 25.0 Å². The molecule has 2 aromatic rings. The van der Waals surface area contributed by atoms with Crippen molar-refractivity contribution in [1.29, 1.82) is 0 Å². The average molecular weight is 230 g/mol. The Morgan fingerprint density at radius 3 is 2.88 bits per heavy atom. The normalized spacial score (nSPS) is 11.1. The Kier molecular flexibility index (Phi) is 3.54. The SMILES string of the molecule is Cc1cnn(-c2ncccc2CNC(C)C)c1. The lowest BCUT2D eigenvalue weighted by Crippen LogP contribution is -2.23. The van der Waals surface area contributed by atoms with Crippen LogP contribution >= 0.6 is 0 Å². The summed E-state index contributed by atoms with van der Waals surface area (Å²) >= 11 is 0. The zero-order valence-corrected chi connectivity index (χ0v) is 10.5. The largest absolute Gasteiger partial charge is 0.310 e. The first-order valence-corrected chi connectivity index (χ1v) is 5.85. The van der Waals surface area contributed by atoms with Crippen molar-refractivity contribution < 1.29 is 0 Å². The fourth-order valence-electron chi connectivity index (χ4n) is 1.62. The zero-order valence-electron chi connectivity index (χ0n) is 10.5. The van der Waals surface area contributed by atoms with Gasteiger partial charge in [0.15, 0.2) is 5.82 Å². The summed E-state index contributed by atoms with van der Waals surface area (Å²) in [6.07, 6.45) is 5.63. The highest BCUT2D eigenvalue weighted by Gasteiger charge is 2.06. The van der Waals surface area contributed by atoms with Crippen LogP contribution in [0, 0.1) is 6.92 Å². The number of nitrogens with one attached hydrogen (secondary N) is 1. The van der Waals surface area contributed by atoms with Gasteiger partial charge in [-0.2, -0.15) is 5.10 Å². The summed E-state index contributed by atoms with van der Waals surface area (Å²) in [5.74, 6) is 0.897. The van der Waals surface area contributed by atoms with Gasteiger partial charge in [0.1, 0.15) is 0 Å². The van der Waals surface area contributed by atoms with E-state index in [-0.39, 0.29) is 0 Å². The molecular formula is C13H18N4. The van der Waals surface area contributed by atoms with E-state index in [1.54, 1.807) is 6.20 Å². The molecule has 0 aromatic carbocycles. The number of hydrogen-bond acceptors (Lipinski definition) is 3. The molecule has 90 valence electrons. The monoisotopic (exact) mass is 230 g/mol. The predicted molar refractivity (Wildman–Crippen MR) is 68.1 cm³/mol. The minimum Gasteiger partial charge on any atom is -0.310 e. The second kappa shape index (κ2) is 5.10. The van der Waals surface area contributed by atoms with Crippen LogP contribution in [0.15, 0.2) is 30.7 Å². The Bertz CT molecular complexity index is 488. The molecule has 17 heavy (non-hydrogen) atoms. The summed E-state index contributed by atoms with van der Waals surface area (Å²) < 4.78 is 1.83. The molecule has 0 atom stereocenters. The molecule has 0 aliphatic carbocycles.